The minimum absolute atomic E-state index is 0.0688. The fourth-order valence-corrected chi connectivity index (χ4v) is 2.83. The van der Waals surface area contributed by atoms with Gasteiger partial charge in [-0.25, -0.2) is 0 Å². The van der Waals surface area contributed by atoms with E-state index in [0.29, 0.717) is 19.1 Å². The lowest BCUT2D eigenvalue weighted by Crippen LogP contribution is -2.32. The van der Waals surface area contributed by atoms with Crippen LogP contribution in [0.1, 0.15) is 24.6 Å². The van der Waals surface area contributed by atoms with E-state index in [2.05, 4.69) is 21.0 Å². The van der Waals surface area contributed by atoms with Gasteiger partial charge in [-0.2, -0.15) is 5.10 Å². The number of hydrogen-bond acceptors (Lipinski definition) is 4. The summed E-state index contributed by atoms with van der Waals surface area (Å²) in [7, 11) is 3.41. The molecule has 1 saturated carbocycles. The molecule has 0 saturated heterocycles. The van der Waals surface area contributed by atoms with Gasteiger partial charge in [0.25, 0.3) is 0 Å². The third-order valence-electron chi connectivity index (χ3n) is 3.37. The molecule has 102 valence electrons. The van der Waals surface area contributed by atoms with Crippen molar-refractivity contribution in [1.82, 2.24) is 9.78 Å². The first-order valence-corrected chi connectivity index (χ1v) is 6.96. The molecule has 5 nitrogen and oxygen atoms in total. The average Bonchev–Trinajstić information content (AvgIpc) is 3.11. The van der Waals surface area contributed by atoms with Crippen molar-refractivity contribution in [1.29, 1.82) is 0 Å². The Hall–Kier alpha value is -0.430. The summed E-state index contributed by atoms with van der Waals surface area (Å²) in [6, 6.07) is -0.156. The Labute approximate surface area is 116 Å². The Bertz CT molecular complexity index is 393. The third kappa shape index (κ3) is 2.93. The molecular formula is C12H20BrN3O2. The quantitative estimate of drug-likeness (QED) is 0.831. The van der Waals surface area contributed by atoms with E-state index < -0.39 is 0 Å². The number of nitrogens with zero attached hydrogens (tertiary/aromatic N) is 2. The summed E-state index contributed by atoms with van der Waals surface area (Å²) < 4.78 is 13.5. The number of methoxy groups -OCH3 is 2. The SMILES string of the molecule is COCCn1ncc(Br)c1C(N)C(OC)C1CC1. The minimum Gasteiger partial charge on any atom is -0.383 e. The van der Waals surface area contributed by atoms with Crippen LogP contribution in [0.25, 0.3) is 0 Å². The van der Waals surface area contributed by atoms with Crippen molar-refractivity contribution in [3.05, 3.63) is 16.4 Å². The monoisotopic (exact) mass is 317 g/mol. The van der Waals surface area contributed by atoms with E-state index in [9.17, 15) is 0 Å². The highest BCUT2D eigenvalue weighted by atomic mass is 79.9. The summed E-state index contributed by atoms with van der Waals surface area (Å²) in [6.07, 6.45) is 4.26. The number of nitrogens with two attached hydrogens (primary N) is 1. The fourth-order valence-electron chi connectivity index (χ4n) is 2.27. The van der Waals surface area contributed by atoms with Crippen molar-refractivity contribution in [2.75, 3.05) is 20.8 Å². The highest BCUT2D eigenvalue weighted by Crippen LogP contribution is 2.40. The van der Waals surface area contributed by atoms with E-state index in [1.807, 2.05) is 4.68 Å². The fraction of sp³-hybridized carbons (Fsp3) is 0.750. The first kappa shape index (κ1) is 14.0. The molecule has 1 fully saturated rings. The molecule has 2 unspecified atom stereocenters. The molecule has 2 rings (SSSR count). The summed E-state index contributed by atoms with van der Waals surface area (Å²) >= 11 is 3.52. The molecule has 2 N–H and O–H groups in total. The van der Waals surface area contributed by atoms with Crippen molar-refractivity contribution >= 4 is 15.9 Å². The molecule has 0 bridgehead atoms. The van der Waals surface area contributed by atoms with Crippen LogP contribution in [0.5, 0.6) is 0 Å². The molecule has 1 aromatic rings. The molecule has 1 aliphatic carbocycles. The van der Waals surface area contributed by atoms with Crippen LogP contribution in [-0.4, -0.2) is 36.7 Å². The second kappa shape index (κ2) is 6.14. The zero-order chi connectivity index (χ0) is 13.1. The molecule has 0 spiro atoms. The molecule has 0 amide bonds. The first-order valence-electron chi connectivity index (χ1n) is 6.17. The predicted octanol–water partition coefficient (Wildman–Crippen LogP) is 1.72. The van der Waals surface area contributed by atoms with E-state index in [4.69, 9.17) is 15.2 Å². The number of halogens is 1. The van der Waals surface area contributed by atoms with Gasteiger partial charge in [0, 0.05) is 14.2 Å². The third-order valence-corrected chi connectivity index (χ3v) is 3.98. The van der Waals surface area contributed by atoms with Crippen molar-refractivity contribution in [3.8, 4) is 0 Å². The van der Waals surface area contributed by atoms with Gasteiger partial charge in [0.15, 0.2) is 0 Å². The van der Waals surface area contributed by atoms with Crippen molar-refractivity contribution in [2.24, 2.45) is 11.7 Å². The summed E-state index contributed by atoms with van der Waals surface area (Å²) in [5.41, 5.74) is 7.34. The van der Waals surface area contributed by atoms with Gasteiger partial charge >= 0.3 is 0 Å². The summed E-state index contributed by atoms with van der Waals surface area (Å²) in [6.45, 7) is 1.32. The Morgan fingerprint density at radius 2 is 2.28 bits per heavy atom. The number of hydrogen-bond donors (Lipinski definition) is 1. The van der Waals surface area contributed by atoms with Gasteiger partial charge in [0.2, 0.25) is 0 Å². The van der Waals surface area contributed by atoms with Crippen LogP contribution < -0.4 is 5.73 Å². The Morgan fingerprint density at radius 1 is 1.56 bits per heavy atom. The molecule has 2 atom stereocenters. The lowest BCUT2D eigenvalue weighted by molar-refractivity contribution is 0.0592. The van der Waals surface area contributed by atoms with Crippen LogP contribution >= 0.6 is 15.9 Å². The van der Waals surface area contributed by atoms with E-state index >= 15 is 0 Å². The summed E-state index contributed by atoms with van der Waals surface area (Å²) in [5.74, 6) is 0.586. The van der Waals surface area contributed by atoms with Gasteiger partial charge in [0.05, 0.1) is 41.7 Å². The lowest BCUT2D eigenvalue weighted by atomic mass is 10.0. The molecular weight excluding hydrogens is 298 g/mol. The van der Waals surface area contributed by atoms with E-state index in [1.54, 1.807) is 20.4 Å². The highest BCUT2D eigenvalue weighted by molar-refractivity contribution is 9.10. The number of aromatic nitrogens is 2. The zero-order valence-corrected chi connectivity index (χ0v) is 12.4. The number of rotatable bonds is 7. The molecule has 0 radical (unpaired) electrons. The van der Waals surface area contributed by atoms with Gasteiger partial charge < -0.3 is 15.2 Å². The summed E-state index contributed by atoms with van der Waals surface area (Å²) in [5, 5.41) is 4.32. The van der Waals surface area contributed by atoms with Crippen LogP contribution in [0, 0.1) is 5.92 Å². The van der Waals surface area contributed by atoms with Crippen LogP contribution in [-0.2, 0) is 16.0 Å². The minimum atomic E-state index is -0.156. The molecule has 1 heterocycles. The summed E-state index contributed by atoms with van der Waals surface area (Å²) in [4.78, 5) is 0. The standard InChI is InChI=1S/C12H20BrN3O2/c1-17-6-5-16-11(9(13)7-15-16)10(14)12(18-2)8-3-4-8/h7-8,10,12H,3-6,14H2,1-2H3. The lowest BCUT2D eigenvalue weighted by Gasteiger charge is -2.23. The van der Waals surface area contributed by atoms with E-state index in [-0.39, 0.29) is 12.1 Å². The second-order valence-electron chi connectivity index (χ2n) is 4.66. The van der Waals surface area contributed by atoms with Crippen LogP contribution in [0.4, 0.5) is 0 Å². The average molecular weight is 318 g/mol. The molecule has 0 aliphatic heterocycles. The van der Waals surface area contributed by atoms with Crippen molar-refractivity contribution in [2.45, 2.75) is 31.5 Å². The maximum absolute atomic E-state index is 6.35. The van der Waals surface area contributed by atoms with Gasteiger partial charge in [-0.1, -0.05) is 0 Å². The number of ether oxygens (including phenoxy) is 2. The highest BCUT2D eigenvalue weighted by Gasteiger charge is 2.37. The van der Waals surface area contributed by atoms with Crippen molar-refractivity contribution in [3.63, 3.8) is 0 Å². The van der Waals surface area contributed by atoms with E-state index in [0.717, 1.165) is 10.2 Å². The largest absolute Gasteiger partial charge is 0.383 e. The Morgan fingerprint density at radius 3 is 2.83 bits per heavy atom. The first-order chi connectivity index (χ1) is 8.69. The normalized spacial score (nSPS) is 18.9. The van der Waals surface area contributed by atoms with Gasteiger partial charge in [-0.05, 0) is 34.7 Å². The molecule has 6 heteroatoms. The second-order valence-corrected chi connectivity index (χ2v) is 5.51. The maximum Gasteiger partial charge on any atom is 0.0807 e. The molecule has 1 aromatic heterocycles. The van der Waals surface area contributed by atoms with Gasteiger partial charge in [-0.15, -0.1) is 0 Å². The van der Waals surface area contributed by atoms with Crippen molar-refractivity contribution < 1.29 is 9.47 Å². The predicted molar refractivity (Wildman–Crippen MR) is 72.3 cm³/mol. The smallest absolute Gasteiger partial charge is 0.0807 e. The van der Waals surface area contributed by atoms with Crippen LogP contribution in [0.15, 0.2) is 10.7 Å². The molecule has 1 aliphatic rings. The van der Waals surface area contributed by atoms with Crippen LogP contribution in [0.2, 0.25) is 0 Å². The topological polar surface area (TPSA) is 62.3 Å². The maximum atomic E-state index is 6.35. The Balaban J connectivity index is 2.16. The Kier molecular flexibility index (Phi) is 4.77. The van der Waals surface area contributed by atoms with Gasteiger partial charge in [-0.3, -0.25) is 4.68 Å². The molecule has 0 aromatic carbocycles. The zero-order valence-electron chi connectivity index (χ0n) is 10.8. The molecule has 18 heavy (non-hydrogen) atoms. The van der Waals surface area contributed by atoms with Crippen LogP contribution in [0.3, 0.4) is 0 Å². The van der Waals surface area contributed by atoms with E-state index in [1.165, 1.54) is 12.8 Å². The van der Waals surface area contributed by atoms with Gasteiger partial charge in [0.1, 0.15) is 0 Å².